The maximum absolute atomic E-state index is 5.05. The molecule has 0 aliphatic carbocycles. The number of benzene rings is 6. The van der Waals surface area contributed by atoms with Gasteiger partial charge in [-0.2, -0.15) is 0 Å². The van der Waals surface area contributed by atoms with Crippen molar-refractivity contribution in [2.75, 3.05) is 0 Å². The van der Waals surface area contributed by atoms with Crippen LogP contribution in [0.4, 0.5) is 0 Å². The lowest BCUT2D eigenvalue weighted by Crippen LogP contribution is -2.01. The molecule has 0 aliphatic rings. The van der Waals surface area contributed by atoms with Crippen molar-refractivity contribution in [1.29, 1.82) is 0 Å². The van der Waals surface area contributed by atoms with Gasteiger partial charge in [-0.15, -0.1) is 0 Å². The quantitative estimate of drug-likeness (QED) is 0.214. The fraction of sp³-hybridized carbons (Fsp3) is 0. The van der Waals surface area contributed by atoms with Gasteiger partial charge in [0.1, 0.15) is 0 Å². The van der Waals surface area contributed by atoms with E-state index in [4.69, 9.17) is 15.0 Å². The number of rotatable bonds is 5. The maximum Gasteiger partial charge on any atom is 0.164 e. The van der Waals surface area contributed by atoms with Gasteiger partial charge in [0, 0.05) is 33.2 Å². The summed E-state index contributed by atoms with van der Waals surface area (Å²) in [5.74, 6) is 1.92. The predicted molar refractivity (Wildman–Crippen MR) is 176 cm³/mol. The minimum absolute atomic E-state index is 0.632. The fourth-order valence-electron chi connectivity index (χ4n) is 5.81. The average Bonchev–Trinajstić information content (AvgIpc) is 3.43. The van der Waals surface area contributed by atoms with Crippen molar-refractivity contribution < 1.29 is 0 Å². The molecule has 0 saturated heterocycles. The zero-order valence-corrected chi connectivity index (χ0v) is 23.3. The lowest BCUT2D eigenvalue weighted by atomic mass is 10.0. The van der Waals surface area contributed by atoms with Crippen molar-refractivity contribution in [1.82, 2.24) is 19.5 Å². The normalized spacial score (nSPS) is 11.3. The second kappa shape index (κ2) is 10.5. The molecule has 4 nitrogen and oxygen atoms in total. The van der Waals surface area contributed by atoms with Crippen LogP contribution in [-0.2, 0) is 0 Å². The molecule has 0 unspecified atom stereocenters. The van der Waals surface area contributed by atoms with E-state index < -0.39 is 0 Å². The minimum atomic E-state index is 0.632. The van der Waals surface area contributed by atoms with Gasteiger partial charge in [0.15, 0.2) is 17.5 Å². The summed E-state index contributed by atoms with van der Waals surface area (Å²) in [6.07, 6.45) is 0. The van der Waals surface area contributed by atoms with Crippen molar-refractivity contribution in [3.8, 4) is 51.0 Å². The van der Waals surface area contributed by atoms with Gasteiger partial charge < -0.3 is 4.57 Å². The number of aromatic nitrogens is 4. The molecule has 0 amide bonds. The Labute approximate surface area is 249 Å². The predicted octanol–water partition coefficient (Wildman–Crippen LogP) is 9.64. The SMILES string of the molecule is c1ccc(-c2cc(-c3nc(-c4ccccc4)nc(-c4ccccc4)n3)cc(-n3c4ccccc4c4ccccc43)c2)cc1. The first kappa shape index (κ1) is 24.9. The highest BCUT2D eigenvalue weighted by atomic mass is 15.0. The molecule has 0 aliphatic heterocycles. The lowest BCUT2D eigenvalue weighted by Gasteiger charge is -2.14. The van der Waals surface area contributed by atoms with Crippen LogP contribution in [0.15, 0.2) is 158 Å². The smallest absolute Gasteiger partial charge is 0.164 e. The highest BCUT2D eigenvalue weighted by molar-refractivity contribution is 6.09. The van der Waals surface area contributed by atoms with E-state index in [1.54, 1.807) is 0 Å². The second-order valence-electron chi connectivity index (χ2n) is 10.5. The van der Waals surface area contributed by atoms with Gasteiger partial charge in [-0.1, -0.05) is 127 Å². The van der Waals surface area contributed by atoms with E-state index in [2.05, 4.69) is 95.6 Å². The van der Waals surface area contributed by atoms with Crippen LogP contribution < -0.4 is 0 Å². The van der Waals surface area contributed by atoms with Crippen LogP contribution in [-0.4, -0.2) is 19.5 Å². The molecule has 0 N–H and O–H groups in total. The van der Waals surface area contributed by atoms with E-state index in [1.165, 1.54) is 10.8 Å². The number of nitrogens with zero attached hydrogens (tertiary/aromatic N) is 4. The van der Waals surface area contributed by atoms with E-state index >= 15 is 0 Å². The number of para-hydroxylation sites is 2. The van der Waals surface area contributed by atoms with Crippen molar-refractivity contribution in [2.24, 2.45) is 0 Å². The zero-order valence-electron chi connectivity index (χ0n) is 23.3. The minimum Gasteiger partial charge on any atom is -0.309 e. The molecular weight excluding hydrogens is 524 g/mol. The van der Waals surface area contributed by atoms with Crippen LogP contribution >= 0.6 is 0 Å². The molecule has 2 heterocycles. The Morgan fingerprint density at radius 1 is 0.326 bits per heavy atom. The van der Waals surface area contributed by atoms with E-state index in [0.717, 1.165) is 44.5 Å². The van der Waals surface area contributed by atoms with Gasteiger partial charge in [-0.05, 0) is 41.5 Å². The highest BCUT2D eigenvalue weighted by Crippen LogP contribution is 2.36. The topological polar surface area (TPSA) is 43.6 Å². The van der Waals surface area contributed by atoms with Gasteiger partial charge in [0.2, 0.25) is 0 Å². The Morgan fingerprint density at radius 2 is 0.721 bits per heavy atom. The van der Waals surface area contributed by atoms with E-state index in [-0.39, 0.29) is 0 Å². The summed E-state index contributed by atoms with van der Waals surface area (Å²) in [5.41, 5.74) is 8.42. The van der Waals surface area contributed by atoms with Crippen molar-refractivity contribution >= 4 is 21.8 Å². The lowest BCUT2D eigenvalue weighted by molar-refractivity contribution is 1.07. The van der Waals surface area contributed by atoms with Crippen LogP contribution in [0.3, 0.4) is 0 Å². The van der Waals surface area contributed by atoms with Crippen LogP contribution in [0.1, 0.15) is 0 Å². The van der Waals surface area contributed by atoms with Crippen molar-refractivity contribution in [3.05, 3.63) is 158 Å². The summed E-state index contributed by atoms with van der Waals surface area (Å²) in [5, 5.41) is 2.45. The molecule has 2 aromatic heterocycles. The molecule has 4 heteroatoms. The third-order valence-corrected chi connectivity index (χ3v) is 7.82. The Bertz CT molecular complexity index is 2110. The van der Waals surface area contributed by atoms with Gasteiger partial charge in [-0.25, -0.2) is 15.0 Å². The molecule has 43 heavy (non-hydrogen) atoms. The summed E-state index contributed by atoms with van der Waals surface area (Å²) >= 11 is 0. The first-order valence-electron chi connectivity index (χ1n) is 14.4. The maximum atomic E-state index is 5.05. The van der Waals surface area contributed by atoms with Gasteiger partial charge in [-0.3, -0.25) is 0 Å². The van der Waals surface area contributed by atoms with E-state index in [1.807, 2.05) is 66.7 Å². The Balaban J connectivity index is 1.42. The molecule has 0 bridgehead atoms. The fourth-order valence-corrected chi connectivity index (χ4v) is 5.81. The van der Waals surface area contributed by atoms with Crippen molar-refractivity contribution in [2.45, 2.75) is 0 Å². The molecule has 0 fully saturated rings. The van der Waals surface area contributed by atoms with Crippen LogP contribution in [0.25, 0.3) is 72.8 Å². The van der Waals surface area contributed by atoms with Gasteiger partial charge in [0.25, 0.3) is 0 Å². The molecule has 0 saturated carbocycles. The first-order valence-corrected chi connectivity index (χ1v) is 14.4. The van der Waals surface area contributed by atoms with Crippen LogP contribution in [0.2, 0.25) is 0 Å². The monoisotopic (exact) mass is 550 g/mol. The Hall–Kier alpha value is -5.87. The third kappa shape index (κ3) is 4.55. The third-order valence-electron chi connectivity index (χ3n) is 7.82. The van der Waals surface area contributed by atoms with E-state index in [9.17, 15) is 0 Å². The highest BCUT2D eigenvalue weighted by Gasteiger charge is 2.17. The number of fused-ring (bicyclic) bond motifs is 3. The van der Waals surface area contributed by atoms with Crippen LogP contribution in [0.5, 0.6) is 0 Å². The molecule has 6 aromatic carbocycles. The first-order chi connectivity index (χ1) is 21.3. The molecule has 0 atom stereocenters. The summed E-state index contributed by atoms with van der Waals surface area (Å²) < 4.78 is 2.35. The second-order valence-corrected chi connectivity index (χ2v) is 10.5. The molecular formula is C39H26N4. The number of hydrogen-bond donors (Lipinski definition) is 0. The Kier molecular flexibility index (Phi) is 6.08. The summed E-state index contributed by atoms with van der Waals surface area (Å²) in [6.45, 7) is 0. The van der Waals surface area contributed by atoms with Crippen molar-refractivity contribution in [3.63, 3.8) is 0 Å². The summed E-state index contributed by atoms with van der Waals surface area (Å²) in [6, 6.07) is 54.5. The molecule has 8 aromatic rings. The van der Waals surface area contributed by atoms with E-state index in [0.29, 0.717) is 17.5 Å². The van der Waals surface area contributed by atoms with Crippen LogP contribution in [0, 0.1) is 0 Å². The standard InChI is InChI=1S/C39H26N4/c1-4-14-27(15-5-1)30-24-31(26-32(25-30)43-35-22-12-10-20-33(35)34-21-11-13-23-36(34)43)39-41-37(28-16-6-2-7-17-28)40-38(42-39)29-18-8-3-9-19-29/h1-26H. The average molecular weight is 551 g/mol. The Morgan fingerprint density at radius 3 is 1.23 bits per heavy atom. The summed E-state index contributed by atoms with van der Waals surface area (Å²) in [4.78, 5) is 15.0. The van der Waals surface area contributed by atoms with Gasteiger partial charge >= 0.3 is 0 Å². The molecule has 0 spiro atoms. The summed E-state index contributed by atoms with van der Waals surface area (Å²) in [7, 11) is 0. The molecule has 202 valence electrons. The largest absolute Gasteiger partial charge is 0.309 e. The number of hydrogen-bond acceptors (Lipinski definition) is 3. The molecule has 8 rings (SSSR count). The molecule has 0 radical (unpaired) electrons. The zero-order chi connectivity index (χ0) is 28.6. The van der Waals surface area contributed by atoms with Gasteiger partial charge in [0.05, 0.1) is 11.0 Å².